The Labute approximate surface area is 110 Å². The van der Waals surface area contributed by atoms with E-state index in [2.05, 4.69) is 0 Å². The van der Waals surface area contributed by atoms with E-state index in [1.165, 1.54) is 12.1 Å². The second kappa shape index (κ2) is 5.85. The van der Waals surface area contributed by atoms with E-state index in [4.69, 9.17) is 22.1 Å². The van der Waals surface area contributed by atoms with Gasteiger partial charge in [-0.1, -0.05) is 29.8 Å². The first-order chi connectivity index (χ1) is 8.69. The summed E-state index contributed by atoms with van der Waals surface area (Å²) in [6.07, 6.45) is 0. The maximum absolute atomic E-state index is 12.9. The second-order valence-corrected chi connectivity index (χ2v) is 4.28. The fourth-order valence-corrected chi connectivity index (χ4v) is 1.78. The molecule has 0 aliphatic carbocycles. The van der Waals surface area contributed by atoms with Crippen molar-refractivity contribution >= 4 is 11.6 Å². The van der Waals surface area contributed by atoms with Crippen LogP contribution in [0.4, 0.5) is 4.39 Å². The van der Waals surface area contributed by atoms with Crippen molar-refractivity contribution in [3.05, 3.63) is 64.4 Å². The molecule has 0 heterocycles. The Balaban J connectivity index is 2.06. The highest BCUT2D eigenvalue weighted by Gasteiger charge is 2.03. The standard InChI is InChI=1S/C14H13ClFNO/c15-14-7-12(16)5-4-11(14)9-18-13-3-1-2-10(6-13)8-17/h1-7H,8-9,17H2. The summed E-state index contributed by atoms with van der Waals surface area (Å²) >= 11 is 5.91. The maximum atomic E-state index is 12.9. The van der Waals surface area contributed by atoms with Gasteiger partial charge < -0.3 is 10.5 Å². The molecular formula is C14H13ClFNO. The van der Waals surface area contributed by atoms with Crippen LogP contribution in [-0.4, -0.2) is 0 Å². The molecule has 0 aliphatic heterocycles. The zero-order chi connectivity index (χ0) is 13.0. The smallest absolute Gasteiger partial charge is 0.124 e. The summed E-state index contributed by atoms with van der Waals surface area (Å²) in [5.41, 5.74) is 7.29. The van der Waals surface area contributed by atoms with E-state index in [-0.39, 0.29) is 5.82 Å². The highest BCUT2D eigenvalue weighted by Crippen LogP contribution is 2.20. The lowest BCUT2D eigenvalue weighted by atomic mass is 10.2. The summed E-state index contributed by atoms with van der Waals surface area (Å²) in [4.78, 5) is 0. The van der Waals surface area contributed by atoms with Crippen LogP contribution >= 0.6 is 11.6 Å². The van der Waals surface area contributed by atoms with Crippen LogP contribution in [0.1, 0.15) is 11.1 Å². The van der Waals surface area contributed by atoms with Gasteiger partial charge in [0.05, 0.1) is 5.02 Å². The number of hydrogen-bond acceptors (Lipinski definition) is 2. The molecule has 0 saturated carbocycles. The van der Waals surface area contributed by atoms with Gasteiger partial charge >= 0.3 is 0 Å². The van der Waals surface area contributed by atoms with Gasteiger partial charge in [0.15, 0.2) is 0 Å². The van der Waals surface area contributed by atoms with Crippen molar-refractivity contribution < 1.29 is 9.13 Å². The highest BCUT2D eigenvalue weighted by atomic mass is 35.5. The van der Waals surface area contributed by atoms with Crippen molar-refractivity contribution in [1.82, 2.24) is 0 Å². The molecule has 0 amide bonds. The van der Waals surface area contributed by atoms with Gasteiger partial charge in [-0.25, -0.2) is 4.39 Å². The third-order valence-electron chi connectivity index (χ3n) is 2.54. The van der Waals surface area contributed by atoms with E-state index in [1.54, 1.807) is 6.07 Å². The molecule has 2 rings (SSSR count). The lowest BCUT2D eigenvalue weighted by Crippen LogP contribution is -1.99. The van der Waals surface area contributed by atoms with Crippen LogP contribution in [0.2, 0.25) is 5.02 Å². The Morgan fingerprint density at radius 1 is 1.17 bits per heavy atom. The molecule has 2 nitrogen and oxygen atoms in total. The van der Waals surface area contributed by atoms with Crippen LogP contribution < -0.4 is 10.5 Å². The number of rotatable bonds is 4. The SMILES string of the molecule is NCc1cccc(OCc2ccc(F)cc2Cl)c1. The average molecular weight is 266 g/mol. The van der Waals surface area contributed by atoms with Crippen LogP contribution in [0.15, 0.2) is 42.5 Å². The lowest BCUT2D eigenvalue weighted by Gasteiger charge is -2.08. The first kappa shape index (κ1) is 12.9. The molecule has 0 bridgehead atoms. The molecule has 4 heteroatoms. The average Bonchev–Trinajstić information content (AvgIpc) is 2.38. The van der Waals surface area contributed by atoms with E-state index in [0.29, 0.717) is 18.2 Å². The predicted octanol–water partition coefficient (Wildman–Crippen LogP) is 3.52. The number of ether oxygens (including phenoxy) is 1. The first-order valence-corrected chi connectivity index (χ1v) is 5.92. The molecule has 0 spiro atoms. The van der Waals surface area contributed by atoms with E-state index in [1.807, 2.05) is 24.3 Å². The number of hydrogen-bond donors (Lipinski definition) is 1. The van der Waals surface area contributed by atoms with Gasteiger partial charge in [-0.3, -0.25) is 0 Å². The Hall–Kier alpha value is -1.58. The third kappa shape index (κ3) is 3.22. The van der Waals surface area contributed by atoms with Crippen molar-refractivity contribution in [1.29, 1.82) is 0 Å². The Morgan fingerprint density at radius 3 is 2.72 bits per heavy atom. The van der Waals surface area contributed by atoms with Crippen LogP contribution in [0.25, 0.3) is 0 Å². The second-order valence-electron chi connectivity index (χ2n) is 3.88. The van der Waals surface area contributed by atoms with Gasteiger partial charge in [-0.15, -0.1) is 0 Å². The monoisotopic (exact) mass is 265 g/mol. The van der Waals surface area contributed by atoms with Gasteiger partial charge in [0.25, 0.3) is 0 Å². The maximum Gasteiger partial charge on any atom is 0.124 e. The molecule has 0 fully saturated rings. The minimum Gasteiger partial charge on any atom is -0.489 e. The lowest BCUT2D eigenvalue weighted by molar-refractivity contribution is 0.306. The summed E-state index contributed by atoms with van der Waals surface area (Å²) in [6.45, 7) is 0.766. The number of halogens is 2. The van der Waals surface area contributed by atoms with Crippen LogP contribution in [0.3, 0.4) is 0 Å². The summed E-state index contributed by atoms with van der Waals surface area (Å²) in [5.74, 6) is 0.368. The molecule has 0 aliphatic rings. The normalized spacial score (nSPS) is 10.4. The largest absolute Gasteiger partial charge is 0.489 e. The molecule has 18 heavy (non-hydrogen) atoms. The van der Waals surface area contributed by atoms with Gasteiger partial charge in [0, 0.05) is 12.1 Å². The summed E-state index contributed by atoms with van der Waals surface area (Å²) in [5, 5.41) is 0.366. The van der Waals surface area contributed by atoms with Gasteiger partial charge in [0.2, 0.25) is 0 Å². The Kier molecular flexibility index (Phi) is 4.18. The number of benzene rings is 2. The van der Waals surface area contributed by atoms with Gasteiger partial charge in [0.1, 0.15) is 18.2 Å². The van der Waals surface area contributed by atoms with Crippen molar-refractivity contribution in [2.45, 2.75) is 13.2 Å². The predicted molar refractivity (Wildman–Crippen MR) is 70.1 cm³/mol. The van der Waals surface area contributed by atoms with E-state index in [9.17, 15) is 4.39 Å². The third-order valence-corrected chi connectivity index (χ3v) is 2.90. The fraction of sp³-hybridized carbons (Fsp3) is 0.143. The van der Waals surface area contributed by atoms with E-state index >= 15 is 0 Å². The summed E-state index contributed by atoms with van der Waals surface area (Å²) < 4.78 is 18.5. The van der Waals surface area contributed by atoms with Crippen LogP contribution in [-0.2, 0) is 13.2 Å². The minimum absolute atomic E-state index is 0.299. The zero-order valence-corrected chi connectivity index (χ0v) is 10.5. The first-order valence-electron chi connectivity index (χ1n) is 5.55. The quantitative estimate of drug-likeness (QED) is 0.918. The molecule has 0 aromatic heterocycles. The van der Waals surface area contributed by atoms with Gasteiger partial charge in [-0.05, 0) is 29.8 Å². The summed E-state index contributed by atoms with van der Waals surface area (Å²) in [7, 11) is 0. The van der Waals surface area contributed by atoms with Crippen molar-refractivity contribution in [3.63, 3.8) is 0 Å². The summed E-state index contributed by atoms with van der Waals surface area (Å²) in [6, 6.07) is 11.8. The Bertz CT molecular complexity index is 545. The molecule has 2 aromatic rings. The fourth-order valence-electron chi connectivity index (χ4n) is 1.56. The number of nitrogens with two attached hydrogens (primary N) is 1. The van der Waals surface area contributed by atoms with Crippen LogP contribution in [0.5, 0.6) is 5.75 Å². The molecule has 2 N–H and O–H groups in total. The van der Waals surface area contributed by atoms with E-state index in [0.717, 1.165) is 16.9 Å². The van der Waals surface area contributed by atoms with E-state index < -0.39 is 0 Å². The minimum atomic E-state index is -0.353. The van der Waals surface area contributed by atoms with Gasteiger partial charge in [-0.2, -0.15) is 0 Å². The topological polar surface area (TPSA) is 35.2 Å². The molecule has 0 unspecified atom stereocenters. The highest BCUT2D eigenvalue weighted by molar-refractivity contribution is 6.31. The molecule has 0 atom stereocenters. The molecule has 0 saturated heterocycles. The zero-order valence-electron chi connectivity index (χ0n) is 9.70. The van der Waals surface area contributed by atoms with Crippen molar-refractivity contribution in [2.24, 2.45) is 5.73 Å². The molecule has 2 aromatic carbocycles. The van der Waals surface area contributed by atoms with Crippen molar-refractivity contribution in [3.8, 4) is 5.75 Å². The Morgan fingerprint density at radius 2 is 2.00 bits per heavy atom. The van der Waals surface area contributed by atoms with Crippen molar-refractivity contribution in [2.75, 3.05) is 0 Å². The molecule has 94 valence electrons. The van der Waals surface area contributed by atoms with Crippen LogP contribution in [0, 0.1) is 5.82 Å². The molecule has 0 radical (unpaired) electrons. The molecular weight excluding hydrogens is 253 g/mol.